The van der Waals surface area contributed by atoms with Crippen molar-refractivity contribution in [1.29, 1.82) is 0 Å². The van der Waals surface area contributed by atoms with Crippen molar-refractivity contribution in [3.63, 3.8) is 0 Å². The average Bonchev–Trinajstić information content (AvgIpc) is 3.22. The zero-order chi connectivity index (χ0) is 25.9. The zero-order valence-corrected chi connectivity index (χ0v) is 21.9. The summed E-state index contributed by atoms with van der Waals surface area (Å²) in [6.07, 6.45) is 2.30. The fraction of sp³-hybridized carbons (Fsp3) is 0.536. The lowest BCUT2D eigenvalue weighted by Gasteiger charge is -2.40. The molecule has 1 aromatic carbocycles. The molecule has 3 amide bonds. The minimum Gasteiger partial charge on any atom is -0.390 e. The number of anilines is 1. The normalized spacial score (nSPS) is 21.4. The van der Waals surface area contributed by atoms with Crippen LogP contribution in [0.1, 0.15) is 30.7 Å². The van der Waals surface area contributed by atoms with Gasteiger partial charge in [-0.3, -0.25) is 14.7 Å². The van der Waals surface area contributed by atoms with Gasteiger partial charge in [0.2, 0.25) is 5.91 Å². The number of rotatable bonds is 7. The van der Waals surface area contributed by atoms with Crippen molar-refractivity contribution in [1.82, 2.24) is 24.6 Å². The quantitative estimate of drug-likeness (QED) is 0.617. The topological polar surface area (TPSA) is 83.5 Å². The van der Waals surface area contributed by atoms with Crippen LogP contribution in [0.4, 0.5) is 10.5 Å². The maximum atomic E-state index is 13.0. The number of piperazine rings is 1. The molecule has 0 bridgehead atoms. The van der Waals surface area contributed by atoms with E-state index in [1.807, 2.05) is 17.2 Å². The smallest absolute Gasteiger partial charge is 0.320 e. The second-order valence-electron chi connectivity index (χ2n) is 10.6. The number of aromatic nitrogens is 1. The molecule has 198 valence electrons. The lowest BCUT2D eigenvalue weighted by Crippen LogP contribution is -2.53. The molecule has 0 spiro atoms. The zero-order valence-electron chi connectivity index (χ0n) is 21.9. The van der Waals surface area contributed by atoms with Crippen LogP contribution in [0.5, 0.6) is 0 Å². The number of nitrogens with zero attached hydrogens (tertiary/aromatic N) is 6. The predicted molar refractivity (Wildman–Crippen MR) is 142 cm³/mol. The summed E-state index contributed by atoms with van der Waals surface area (Å²) in [6, 6.07) is 12.7. The number of benzene rings is 1. The van der Waals surface area contributed by atoms with Crippen molar-refractivity contribution in [3.05, 3.63) is 59.4 Å². The summed E-state index contributed by atoms with van der Waals surface area (Å²) in [7, 11) is 0. The Morgan fingerprint density at radius 1 is 1.03 bits per heavy atom. The van der Waals surface area contributed by atoms with E-state index >= 15 is 0 Å². The van der Waals surface area contributed by atoms with Crippen molar-refractivity contribution in [2.75, 3.05) is 57.3 Å². The third kappa shape index (κ3) is 5.88. The van der Waals surface area contributed by atoms with E-state index in [2.05, 4.69) is 52.0 Å². The number of urea groups is 1. The van der Waals surface area contributed by atoms with E-state index in [1.165, 1.54) is 11.1 Å². The molecule has 3 aliphatic rings. The first-order valence-electron chi connectivity index (χ1n) is 13.4. The van der Waals surface area contributed by atoms with Gasteiger partial charge in [-0.1, -0.05) is 24.3 Å². The van der Waals surface area contributed by atoms with E-state index in [0.29, 0.717) is 39.3 Å². The molecule has 3 aliphatic heterocycles. The van der Waals surface area contributed by atoms with E-state index in [-0.39, 0.29) is 18.0 Å². The van der Waals surface area contributed by atoms with E-state index in [0.717, 1.165) is 44.0 Å². The van der Waals surface area contributed by atoms with Crippen LogP contribution in [-0.4, -0.2) is 106 Å². The van der Waals surface area contributed by atoms with Crippen LogP contribution in [0.25, 0.3) is 0 Å². The molecule has 0 aliphatic carbocycles. The fourth-order valence-corrected chi connectivity index (χ4v) is 5.77. The Labute approximate surface area is 219 Å². The maximum Gasteiger partial charge on any atom is 0.320 e. The van der Waals surface area contributed by atoms with Crippen molar-refractivity contribution >= 4 is 17.6 Å². The van der Waals surface area contributed by atoms with E-state index in [1.54, 1.807) is 16.7 Å². The number of hydrogen-bond acceptors (Lipinski definition) is 6. The van der Waals surface area contributed by atoms with Crippen molar-refractivity contribution in [2.24, 2.45) is 0 Å². The summed E-state index contributed by atoms with van der Waals surface area (Å²) < 4.78 is 0. The first-order chi connectivity index (χ1) is 17.9. The van der Waals surface area contributed by atoms with Gasteiger partial charge < -0.3 is 24.7 Å². The second kappa shape index (κ2) is 11.1. The maximum absolute atomic E-state index is 13.0. The lowest BCUT2D eigenvalue weighted by atomic mass is 10.00. The lowest BCUT2D eigenvalue weighted by molar-refractivity contribution is -0.129. The molecule has 4 heterocycles. The molecule has 9 nitrogen and oxygen atoms in total. The summed E-state index contributed by atoms with van der Waals surface area (Å²) in [6.45, 7) is 10.4. The molecule has 2 aromatic rings. The summed E-state index contributed by atoms with van der Waals surface area (Å²) in [4.78, 5) is 39.3. The first kappa shape index (κ1) is 25.5. The number of hydrogen-bond donors (Lipinski definition) is 1. The summed E-state index contributed by atoms with van der Waals surface area (Å²) in [5, 5.41) is 10.7. The van der Waals surface area contributed by atoms with Gasteiger partial charge in [-0.2, -0.15) is 0 Å². The standard InChI is InChI=1S/C28H38N6O3/c1-21-16-31(22(2)35)13-14-34(21)26-8-7-25(29-15-26)18-32-11-12-33(28(32)37)20-27(36)19-30-10-9-23-5-3-4-6-24(23)17-30/h3-8,15,21,27,36H,9-14,16-20H2,1-2H3/t21?,27-/m1/s1. The van der Waals surface area contributed by atoms with Crippen LogP contribution in [0.15, 0.2) is 42.6 Å². The monoisotopic (exact) mass is 506 g/mol. The Morgan fingerprint density at radius 3 is 2.54 bits per heavy atom. The molecule has 1 aromatic heterocycles. The second-order valence-corrected chi connectivity index (χ2v) is 10.6. The Morgan fingerprint density at radius 2 is 1.81 bits per heavy atom. The molecule has 0 saturated carbocycles. The molecule has 0 radical (unpaired) electrons. The molecule has 2 saturated heterocycles. The van der Waals surface area contributed by atoms with Crippen molar-refractivity contribution in [3.8, 4) is 0 Å². The van der Waals surface area contributed by atoms with Crippen molar-refractivity contribution < 1.29 is 14.7 Å². The van der Waals surface area contributed by atoms with E-state index < -0.39 is 6.10 Å². The predicted octanol–water partition coefficient (Wildman–Crippen LogP) is 1.80. The first-order valence-corrected chi connectivity index (χ1v) is 13.4. The van der Waals surface area contributed by atoms with Gasteiger partial charge >= 0.3 is 6.03 Å². The van der Waals surface area contributed by atoms with Gasteiger partial charge in [-0.15, -0.1) is 0 Å². The van der Waals surface area contributed by atoms with Crippen LogP contribution in [0.2, 0.25) is 0 Å². The molecular formula is C28H38N6O3. The van der Waals surface area contributed by atoms with Gasteiger partial charge in [0, 0.05) is 71.9 Å². The minimum atomic E-state index is -0.572. The Kier molecular flexibility index (Phi) is 7.62. The van der Waals surface area contributed by atoms with Gasteiger partial charge in [-0.25, -0.2) is 4.79 Å². The summed E-state index contributed by atoms with van der Waals surface area (Å²) in [5.41, 5.74) is 4.61. The number of amides is 3. The number of carbonyl (C=O) groups is 2. The number of carbonyl (C=O) groups excluding carboxylic acids is 2. The number of aliphatic hydroxyl groups excluding tert-OH is 1. The third-order valence-electron chi connectivity index (χ3n) is 7.86. The van der Waals surface area contributed by atoms with Crippen LogP contribution in [0, 0.1) is 0 Å². The van der Waals surface area contributed by atoms with Crippen molar-refractivity contribution in [2.45, 2.75) is 45.5 Å². The van der Waals surface area contributed by atoms with Crippen LogP contribution in [-0.2, 0) is 24.3 Å². The highest BCUT2D eigenvalue weighted by atomic mass is 16.3. The molecule has 2 atom stereocenters. The van der Waals surface area contributed by atoms with Gasteiger partial charge in [0.25, 0.3) is 0 Å². The highest BCUT2D eigenvalue weighted by Crippen LogP contribution is 2.22. The molecule has 9 heteroatoms. The molecular weight excluding hydrogens is 468 g/mol. The molecule has 37 heavy (non-hydrogen) atoms. The average molecular weight is 507 g/mol. The fourth-order valence-electron chi connectivity index (χ4n) is 5.77. The van der Waals surface area contributed by atoms with Gasteiger partial charge in [-0.05, 0) is 36.6 Å². The molecule has 5 rings (SSSR count). The molecule has 2 fully saturated rings. The number of β-amino-alcohol motifs (C(OH)–C–C–N with tert-alkyl or cyclic N) is 1. The number of fused-ring (bicyclic) bond motifs is 1. The molecule has 1 N–H and O–H groups in total. The third-order valence-corrected chi connectivity index (χ3v) is 7.86. The summed E-state index contributed by atoms with van der Waals surface area (Å²) >= 11 is 0. The highest BCUT2D eigenvalue weighted by Gasteiger charge is 2.31. The summed E-state index contributed by atoms with van der Waals surface area (Å²) in [5.74, 6) is 0.120. The Hall–Kier alpha value is -3.17. The van der Waals surface area contributed by atoms with Crippen LogP contribution in [0.3, 0.4) is 0 Å². The number of aliphatic hydroxyl groups is 1. The minimum absolute atomic E-state index is 0.0390. The SMILES string of the molecule is CC(=O)N1CCN(c2ccc(CN3CCN(C[C@H](O)CN4CCc5ccccc5C4)C3=O)nc2)C(C)C1. The Balaban J connectivity index is 1.10. The van der Waals surface area contributed by atoms with Gasteiger partial charge in [0.1, 0.15) is 0 Å². The van der Waals surface area contributed by atoms with Crippen LogP contribution >= 0.6 is 0 Å². The highest BCUT2D eigenvalue weighted by molar-refractivity contribution is 5.76. The number of pyridine rings is 1. The largest absolute Gasteiger partial charge is 0.390 e. The van der Waals surface area contributed by atoms with Gasteiger partial charge in [0.05, 0.1) is 30.2 Å². The molecule has 1 unspecified atom stereocenters. The van der Waals surface area contributed by atoms with Gasteiger partial charge in [0.15, 0.2) is 0 Å². The Bertz CT molecular complexity index is 1110. The van der Waals surface area contributed by atoms with E-state index in [4.69, 9.17) is 0 Å². The van der Waals surface area contributed by atoms with Crippen LogP contribution < -0.4 is 4.90 Å². The van der Waals surface area contributed by atoms with E-state index in [9.17, 15) is 14.7 Å².